The fraction of sp³-hybridized carbons (Fsp3) is 0.900. The van der Waals surface area contributed by atoms with Crippen LogP contribution in [0.1, 0.15) is 26.2 Å². The van der Waals surface area contributed by atoms with Gasteiger partial charge in [0.2, 0.25) is 0 Å². The predicted molar refractivity (Wildman–Crippen MR) is 59.8 cm³/mol. The van der Waals surface area contributed by atoms with Crippen LogP contribution in [-0.2, 0) is 4.79 Å². The van der Waals surface area contributed by atoms with Crippen LogP contribution in [0.5, 0.6) is 0 Å². The number of thioether (sulfide) groups is 1. The number of hydrogen-bond donors (Lipinski definition) is 1. The van der Waals surface area contributed by atoms with Crippen molar-refractivity contribution in [2.75, 3.05) is 25.4 Å². The highest BCUT2D eigenvalue weighted by Gasteiger charge is 2.18. The molecule has 1 atom stereocenters. The Morgan fingerprint density at radius 2 is 2.43 bits per heavy atom. The normalized spacial score (nSPS) is 23.6. The quantitative estimate of drug-likeness (QED) is 0.760. The van der Waals surface area contributed by atoms with Crippen LogP contribution in [0, 0.1) is 0 Å². The van der Waals surface area contributed by atoms with Crippen LogP contribution in [0.25, 0.3) is 0 Å². The Labute approximate surface area is 89.9 Å². The highest BCUT2D eigenvalue weighted by atomic mass is 32.2. The lowest BCUT2D eigenvalue weighted by molar-refractivity contribution is -0.137. The molecule has 0 aromatic heterocycles. The maximum absolute atomic E-state index is 10.3. The van der Waals surface area contributed by atoms with E-state index >= 15 is 0 Å². The third-order valence-corrected chi connectivity index (χ3v) is 3.92. The molecule has 82 valence electrons. The molecule has 0 aliphatic carbocycles. The molecule has 1 aliphatic heterocycles. The molecule has 1 N–H and O–H groups in total. The first kappa shape index (κ1) is 11.9. The highest BCUT2D eigenvalue weighted by Crippen LogP contribution is 2.21. The number of carboxylic acids is 1. The summed E-state index contributed by atoms with van der Waals surface area (Å²) < 4.78 is 0. The molecule has 3 nitrogen and oxygen atoms in total. The molecule has 1 saturated heterocycles. The molecule has 0 saturated carbocycles. The van der Waals surface area contributed by atoms with Gasteiger partial charge in [-0.2, -0.15) is 11.8 Å². The first-order valence-corrected chi connectivity index (χ1v) is 6.33. The summed E-state index contributed by atoms with van der Waals surface area (Å²) in [5.41, 5.74) is 0. The van der Waals surface area contributed by atoms with Crippen molar-refractivity contribution < 1.29 is 9.90 Å². The van der Waals surface area contributed by atoms with Gasteiger partial charge in [0.25, 0.3) is 0 Å². The lowest BCUT2D eigenvalue weighted by atomic mass is 10.2. The fourth-order valence-electron chi connectivity index (χ4n) is 1.68. The van der Waals surface area contributed by atoms with E-state index in [9.17, 15) is 4.79 Å². The van der Waals surface area contributed by atoms with Gasteiger partial charge in [0.1, 0.15) is 0 Å². The van der Waals surface area contributed by atoms with Crippen LogP contribution in [0.15, 0.2) is 0 Å². The van der Waals surface area contributed by atoms with E-state index in [1.165, 1.54) is 12.2 Å². The summed E-state index contributed by atoms with van der Waals surface area (Å²) >= 11 is 2.05. The van der Waals surface area contributed by atoms with Crippen LogP contribution < -0.4 is 0 Å². The van der Waals surface area contributed by atoms with Crippen molar-refractivity contribution >= 4 is 17.7 Å². The lowest BCUT2D eigenvalue weighted by Crippen LogP contribution is -2.38. The SMILES string of the molecule is CCC1CN(CCCC(=O)O)CCS1. The van der Waals surface area contributed by atoms with Crippen LogP contribution in [-0.4, -0.2) is 46.6 Å². The fourth-order valence-corrected chi connectivity index (χ4v) is 2.93. The summed E-state index contributed by atoms with van der Waals surface area (Å²) in [6.07, 6.45) is 2.32. The van der Waals surface area contributed by atoms with Gasteiger partial charge in [-0.05, 0) is 19.4 Å². The van der Waals surface area contributed by atoms with Crippen molar-refractivity contribution in [3.8, 4) is 0 Å². The average Bonchev–Trinajstić information content (AvgIpc) is 2.18. The minimum Gasteiger partial charge on any atom is -0.481 e. The highest BCUT2D eigenvalue weighted by molar-refractivity contribution is 8.00. The maximum Gasteiger partial charge on any atom is 0.303 e. The van der Waals surface area contributed by atoms with Gasteiger partial charge in [-0.3, -0.25) is 4.79 Å². The Balaban J connectivity index is 2.14. The molecule has 1 heterocycles. The third-order valence-electron chi connectivity index (χ3n) is 2.54. The van der Waals surface area contributed by atoms with E-state index in [0.29, 0.717) is 6.42 Å². The van der Waals surface area contributed by atoms with Crippen molar-refractivity contribution in [3.05, 3.63) is 0 Å². The number of nitrogens with zero attached hydrogens (tertiary/aromatic N) is 1. The molecule has 0 aromatic rings. The van der Waals surface area contributed by atoms with Gasteiger partial charge in [0.15, 0.2) is 0 Å². The first-order chi connectivity index (χ1) is 6.72. The summed E-state index contributed by atoms with van der Waals surface area (Å²) in [6, 6.07) is 0. The van der Waals surface area contributed by atoms with Gasteiger partial charge in [-0.25, -0.2) is 0 Å². The Morgan fingerprint density at radius 3 is 3.07 bits per heavy atom. The molecular formula is C10H19NO2S. The Morgan fingerprint density at radius 1 is 1.64 bits per heavy atom. The second-order valence-electron chi connectivity index (χ2n) is 3.70. The molecule has 0 amide bonds. The summed E-state index contributed by atoms with van der Waals surface area (Å²) in [7, 11) is 0. The number of hydrogen-bond acceptors (Lipinski definition) is 3. The van der Waals surface area contributed by atoms with E-state index in [2.05, 4.69) is 11.8 Å². The standard InChI is InChI=1S/C10H19NO2S/c1-2-9-8-11(6-7-14-9)5-3-4-10(12)13/h9H,2-8H2,1H3,(H,12,13). The number of aliphatic carboxylic acids is 1. The largest absolute Gasteiger partial charge is 0.481 e. The molecule has 1 aliphatic rings. The topological polar surface area (TPSA) is 40.5 Å². The molecule has 1 rings (SSSR count). The van der Waals surface area contributed by atoms with E-state index in [1.54, 1.807) is 0 Å². The van der Waals surface area contributed by atoms with Crippen molar-refractivity contribution in [2.45, 2.75) is 31.4 Å². The van der Waals surface area contributed by atoms with E-state index in [4.69, 9.17) is 5.11 Å². The second kappa shape index (κ2) is 6.30. The van der Waals surface area contributed by atoms with Gasteiger partial charge < -0.3 is 10.0 Å². The maximum atomic E-state index is 10.3. The third kappa shape index (κ3) is 4.33. The Kier molecular flexibility index (Phi) is 5.33. The molecule has 1 fully saturated rings. The number of carbonyl (C=O) groups is 1. The van der Waals surface area contributed by atoms with E-state index in [-0.39, 0.29) is 0 Å². The Hall–Kier alpha value is -0.220. The minimum absolute atomic E-state index is 0.306. The lowest BCUT2D eigenvalue weighted by Gasteiger charge is -2.31. The van der Waals surface area contributed by atoms with Crippen molar-refractivity contribution in [1.29, 1.82) is 0 Å². The van der Waals surface area contributed by atoms with E-state index in [0.717, 1.165) is 31.3 Å². The molecular weight excluding hydrogens is 198 g/mol. The molecule has 1 unspecified atom stereocenters. The smallest absolute Gasteiger partial charge is 0.303 e. The van der Waals surface area contributed by atoms with Gasteiger partial charge in [-0.1, -0.05) is 6.92 Å². The van der Waals surface area contributed by atoms with Gasteiger partial charge in [0.05, 0.1) is 0 Å². The molecule has 0 spiro atoms. The summed E-state index contributed by atoms with van der Waals surface area (Å²) in [6.45, 7) is 5.43. The molecule has 0 bridgehead atoms. The zero-order valence-corrected chi connectivity index (χ0v) is 9.55. The van der Waals surface area contributed by atoms with Crippen LogP contribution >= 0.6 is 11.8 Å². The summed E-state index contributed by atoms with van der Waals surface area (Å²) in [5, 5.41) is 9.28. The van der Waals surface area contributed by atoms with Crippen molar-refractivity contribution in [3.63, 3.8) is 0 Å². The zero-order valence-electron chi connectivity index (χ0n) is 8.74. The van der Waals surface area contributed by atoms with Crippen LogP contribution in [0.2, 0.25) is 0 Å². The number of rotatable bonds is 5. The van der Waals surface area contributed by atoms with Gasteiger partial charge >= 0.3 is 5.97 Å². The minimum atomic E-state index is -0.677. The summed E-state index contributed by atoms with van der Waals surface area (Å²) in [5.74, 6) is 0.523. The average molecular weight is 217 g/mol. The van der Waals surface area contributed by atoms with E-state index < -0.39 is 5.97 Å². The van der Waals surface area contributed by atoms with E-state index in [1.807, 2.05) is 11.8 Å². The number of carboxylic acid groups (broad SMARTS) is 1. The molecule has 0 aromatic carbocycles. The summed E-state index contributed by atoms with van der Waals surface area (Å²) in [4.78, 5) is 12.7. The van der Waals surface area contributed by atoms with Crippen LogP contribution in [0.4, 0.5) is 0 Å². The van der Waals surface area contributed by atoms with Crippen molar-refractivity contribution in [2.24, 2.45) is 0 Å². The van der Waals surface area contributed by atoms with Crippen molar-refractivity contribution in [1.82, 2.24) is 4.90 Å². The molecule has 4 heteroatoms. The first-order valence-electron chi connectivity index (χ1n) is 5.28. The molecule has 0 radical (unpaired) electrons. The van der Waals surface area contributed by atoms with Gasteiger partial charge in [-0.15, -0.1) is 0 Å². The Bertz CT molecular complexity index is 187. The zero-order chi connectivity index (χ0) is 10.4. The molecule has 14 heavy (non-hydrogen) atoms. The van der Waals surface area contributed by atoms with Gasteiger partial charge in [0, 0.05) is 30.5 Å². The van der Waals surface area contributed by atoms with Crippen LogP contribution in [0.3, 0.4) is 0 Å². The monoisotopic (exact) mass is 217 g/mol. The predicted octanol–water partition coefficient (Wildman–Crippen LogP) is 1.68. The second-order valence-corrected chi connectivity index (χ2v) is 5.11.